The lowest BCUT2D eigenvalue weighted by molar-refractivity contribution is 0.311. The number of likely N-dealkylation sites (N-methyl/N-ethyl adjacent to an activating group) is 1. The number of nitrogens with zero attached hydrogens (tertiary/aromatic N) is 3. The molecule has 0 saturated carbocycles. The number of hydrogen-bond donors (Lipinski definition) is 2. The zero-order chi connectivity index (χ0) is 16.4. The molecule has 120 valence electrons. The van der Waals surface area contributed by atoms with Crippen LogP contribution >= 0.6 is 15.9 Å². The molecule has 3 rings (SSSR count). The summed E-state index contributed by atoms with van der Waals surface area (Å²) in [6.45, 7) is 0.603. The van der Waals surface area contributed by atoms with Gasteiger partial charge in [-0.25, -0.2) is 14.4 Å². The van der Waals surface area contributed by atoms with Crippen molar-refractivity contribution in [3.05, 3.63) is 52.6 Å². The van der Waals surface area contributed by atoms with Crippen molar-refractivity contribution in [2.24, 2.45) is 0 Å². The minimum atomic E-state index is -0.228. The average Bonchev–Trinajstić information content (AvgIpc) is 2.88. The number of fused-ring (bicyclic) bond motifs is 1. The Labute approximate surface area is 142 Å². The predicted molar refractivity (Wildman–Crippen MR) is 92.9 cm³/mol. The molecule has 0 amide bonds. The molecule has 2 N–H and O–H groups in total. The smallest absolute Gasteiger partial charge is 0.143 e. The highest BCUT2D eigenvalue weighted by Gasteiger charge is 2.16. The summed E-state index contributed by atoms with van der Waals surface area (Å²) in [4.78, 5) is 13.7. The van der Waals surface area contributed by atoms with Crippen molar-refractivity contribution in [1.29, 1.82) is 0 Å². The molecule has 23 heavy (non-hydrogen) atoms. The molecular formula is C16H17BrFN5. The van der Waals surface area contributed by atoms with E-state index in [0.717, 1.165) is 27.0 Å². The molecule has 0 aliphatic rings. The van der Waals surface area contributed by atoms with E-state index in [1.54, 1.807) is 12.1 Å². The van der Waals surface area contributed by atoms with Crippen molar-refractivity contribution in [2.75, 3.05) is 26.0 Å². The SMILES string of the molecule is CN(C)C(CNc1ncnc2[nH]c(Br)cc12)c1cccc(F)c1. The van der Waals surface area contributed by atoms with E-state index >= 15 is 0 Å². The van der Waals surface area contributed by atoms with Crippen LogP contribution < -0.4 is 5.32 Å². The second-order valence-electron chi connectivity index (χ2n) is 5.52. The highest BCUT2D eigenvalue weighted by molar-refractivity contribution is 9.10. The van der Waals surface area contributed by atoms with Gasteiger partial charge in [0, 0.05) is 6.54 Å². The number of aromatic amines is 1. The van der Waals surface area contributed by atoms with Gasteiger partial charge in [0.2, 0.25) is 0 Å². The van der Waals surface area contributed by atoms with Gasteiger partial charge in [0.15, 0.2) is 0 Å². The molecule has 1 atom stereocenters. The average molecular weight is 378 g/mol. The molecular weight excluding hydrogens is 361 g/mol. The zero-order valence-electron chi connectivity index (χ0n) is 12.8. The number of benzene rings is 1. The Balaban J connectivity index is 1.84. The van der Waals surface area contributed by atoms with E-state index < -0.39 is 0 Å². The van der Waals surface area contributed by atoms with Gasteiger partial charge in [-0.3, -0.25) is 0 Å². The van der Waals surface area contributed by atoms with Crippen LogP contribution in [-0.4, -0.2) is 40.5 Å². The summed E-state index contributed by atoms with van der Waals surface area (Å²) in [6.07, 6.45) is 1.51. The molecule has 0 bridgehead atoms. The third kappa shape index (κ3) is 3.51. The predicted octanol–water partition coefficient (Wildman–Crippen LogP) is 3.57. The first-order valence-electron chi connectivity index (χ1n) is 7.19. The summed E-state index contributed by atoms with van der Waals surface area (Å²) in [5.41, 5.74) is 1.68. The van der Waals surface area contributed by atoms with Gasteiger partial charge in [-0.2, -0.15) is 0 Å². The molecule has 0 saturated heterocycles. The van der Waals surface area contributed by atoms with Crippen LogP contribution in [0.4, 0.5) is 10.2 Å². The first-order chi connectivity index (χ1) is 11.0. The Bertz CT molecular complexity index is 817. The molecule has 2 heterocycles. The molecule has 7 heteroatoms. The summed E-state index contributed by atoms with van der Waals surface area (Å²) in [5.74, 6) is 0.522. The lowest BCUT2D eigenvalue weighted by Crippen LogP contribution is -2.27. The fraction of sp³-hybridized carbons (Fsp3) is 0.250. The summed E-state index contributed by atoms with van der Waals surface area (Å²) in [6, 6.07) is 8.64. The molecule has 2 aromatic heterocycles. The van der Waals surface area contributed by atoms with Gasteiger partial charge < -0.3 is 15.2 Å². The molecule has 1 aromatic carbocycles. The molecule has 5 nitrogen and oxygen atoms in total. The lowest BCUT2D eigenvalue weighted by atomic mass is 10.1. The summed E-state index contributed by atoms with van der Waals surface area (Å²) >= 11 is 3.41. The first-order valence-corrected chi connectivity index (χ1v) is 7.99. The van der Waals surface area contributed by atoms with Crippen molar-refractivity contribution < 1.29 is 4.39 Å². The highest BCUT2D eigenvalue weighted by atomic mass is 79.9. The van der Waals surface area contributed by atoms with Crippen molar-refractivity contribution >= 4 is 32.8 Å². The Morgan fingerprint density at radius 2 is 2.13 bits per heavy atom. The van der Waals surface area contributed by atoms with E-state index in [-0.39, 0.29) is 11.9 Å². The van der Waals surface area contributed by atoms with Gasteiger partial charge in [0.05, 0.1) is 16.0 Å². The minimum Gasteiger partial charge on any atom is -0.367 e. The molecule has 1 unspecified atom stereocenters. The molecule has 0 radical (unpaired) electrons. The van der Waals surface area contributed by atoms with Gasteiger partial charge in [-0.15, -0.1) is 0 Å². The number of halogens is 2. The van der Waals surface area contributed by atoms with Crippen LogP contribution in [0.2, 0.25) is 0 Å². The number of nitrogens with one attached hydrogen (secondary N) is 2. The molecule has 0 aliphatic heterocycles. The number of H-pyrrole nitrogens is 1. The van der Waals surface area contributed by atoms with E-state index in [2.05, 4.69) is 36.2 Å². The van der Waals surface area contributed by atoms with Gasteiger partial charge in [-0.05, 0) is 53.8 Å². The number of aromatic nitrogens is 3. The Morgan fingerprint density at radius 1 is 1.30 bits per heavy atom. The summed E-state index contributed by atoms with van der Waals surface area (Å²) < 4.78 is 14.3. The van der Waals surface area contributed by atoms with Crippen LogP contribution in [0.1, 0.15) is 11.6 Å². The van der Waals surface area contributed by atoms with Crippen molar-refractivity contribution in [1.82, 2.24) is 19.9 Å². The van der Waals surface area contributed by atoms with Gasteiger partial charge >= 0.3 is 0 Å². The zero-order valence-corrected chi connectivity index (χ0v) is 14.4. The van der Waals surface area contributed by atoms with Crippen LogP contribution in [0.5, 0.6) is 0 Å². The minimum absolute atomic E-state index is 0.0260. The fourth-order valence-electron chi connectivity index (χ4n) is 2.55. The maximum atomic E-state index is 13.5. The molecule has 0 aliphatic carbocycles. The van der Waals surface area contributed by atoms with Gasteiger partial charge in [-0.1, -0.05) is 12.1 Å². The van der Waals surface area contributed by atoms with Gasteiger partial charge in [0.1, 0.15) is 23.6 Å². The van der Waals surface area contributed by atoms with Crippen LogP contribution in [-0.2, 0) is 0 Å². The molecule has 0 fully saturated rings. The third-order valence-corrected chi connectivity index (χ3v) is 4.14. The third-order valence-electron chi connectivity index (χ3n) is 3.71. The van der Waals surface area contributed by atoms with Crippen LogP contribution in [0.3, 0.4) is 0 Å². The maximum Gasteiger partial charge on any atom is 0.143 e. The number of hydrogen-bond acceptors (Lipinski definition) is 4. The van der Waals surface area contributed by atoms with Crippen LogP contribution in [0.15, 0.2) is 41.3 Å². The normalized spacial score (nSPS) is 12.7. The van der Waals surface area contributed by atoms with E-state index in [9.17, 15) is 4.39 Å². The Hall–Kier alpha value is -1.99. The van der Waals surface area contributed by atoms with Crippen molar-refractivity contribution in [3.8, 4) is 0 Å². The van der Waals surface area contributed by atoms with Gasteiger partial charge in [0.25, 0.3) is 0 Å². The van der Waals surface area contributed by atoms with Crippen molar-refractivity contribution in [2.45, 2.75) is 6.04 Å². The van der Waals surface area contributed by atoms with E-state index in [4.69, 9.17) is 0 Å². The largest absolute Gasteiger partial charge is 0.367 e. The van der Waals surface area contributed by atoms with Crippen molar-refractivity contribution in [3.63, 3.8) is 0 Å². The Morgan fingerprint density at radius 3 is 2.87 bits per heavy atom. The highest BCUT2D eigenvalue weighted by Crippen LogP contribution is 2.25. The van der Waals surface area contributed by atoms with E-state index in [0.29, 0.717) is 6.54 Å². The topological polar surface area (TPSA) is 56.8 Å². The maximum absolute atomic E-state index is 13.5. The van der Waals surface area contributed by atoms with E-state index in [1.165, 1.54) is 12.4 Å². The number of anilines is 1. The molecule has 3 aromatic rings. The standard InChI is InChI=1S/C16H17BrFN5/c1-23(2)13(10-4-3-5-11(18)6-10)8-19-15-12-7-14(17)22-16(12)21-9-20-15/h3-7,9,13H,8H2,1-2H3,(H2,19,20,21,22). The second kappa shape index (κ2) is 6.64. The monoisotopic (exact) mass is 377 g/mol. The number of rotatable bonds is 5. The Kier molecular flexibility index (Phi) is 4.58. The van der Waals surface area contributed by atoms with Crippen LogP contribution in [0.25, 0.3) is 11.0 Å². The molecule has 0 spiro atoms. The second-order valence-corrected chi connectivity index (χ2v) is 6.37. The first kappa shape index (κ1) is 15.9. The quantitative estimate of drug-likeness (QED) is 0.713. The lowest BCUT2D eigenvalue weighted by Gasteiger charge is -2.25. The van der Waals surface area contributed by atoms with Crippen LogP contribution in [0, 0.1) is 5.82 Å². The summed E-state index contributed by atoms with van der Waals surface area (Å²) in [5, 5.41) is 4.26. The fourth-order valence-corrected chi connectivity index (χ4v) is 2.97. The summed E-state index contributed by atoms with van der Waals surface area (Å²) in [7, 11) is 3.94. The van der Waals surface area contributed by atoms with E-state index in [1.807, 2.05) is 31.1 Å².